The molecule has 0 aliphatic rings. The third-order valence-corrected chi connectivity index (χ3v) is 3.95. The highest BCUT2D eigenvalue weighted by Gasteiger charge is 2.06. The van der Waals surface area contributed by atoms with Crippen molar-refractivity contribution in [2.24, 2.45) is 0 Å². The van der Waals surface area contributed by atoms with Gasteiger partial charge in [-0.3, -0.25) is 4.79 Å². The molecule has 0 amide bonds. The average Bonchev–Trinajstić information content (AvgIpc) is 3.11. The van der Waals surface area contributed by atoms with Gasteiger partial charge in [-0.15, -0.1) is 5.10 Å². The molecule has 0 unspecified atom stereocenters. The molecule has 4 heteroatoms. The molecule has 1 heterocycles. The van der Waals surface area contributed by atoms with Crippen LogP contribution in [0.2, 0.25) is 0 Å². The van der Waals surface area contributed by atoms with Gasteiger partial charge in [0, 0.05) is 5.56 Å². The van der Waals surface area contributed by atoms with E-state index in [4.69, 9.17) is 0 Å². The van der Waals surface area contributed by atoms with Crippen molar-refractivity contribution in [2.75, 3.05) is 0 Å². The number of hydrogen-bond acceptors (Lipinski definition) is 3. The van der Waals surface area contributed by atoms with E-state index in [1.807, 2.05) is 84.9 Å². The number of benzene rings is 3. The van der Waals surface area contributed by atoms with Crippen molar-refractivity contribution in [3.63, 3.8) is 0 Å². The molecule has 1 aromatic heterocycles. The number of para-hydroxylation sites is 1. The van der Waals surface area contributed by atoms with Gasteiger partial charge in [0.15, 0.2) is 5.78 Å². The van der Waals surface area contributed by atoms with E-state index in [-0.39, 0.29) is 5.78 Å². The molecule has 0 saturated carbocycles. The first-order chi connectivity index (χ1) is 12.3. The third-order valence-electron chi connectivity index (χ3n) is 3.95. The fourth-order valence-electron chi connectivity index (χ4n) is 2.69. The molecule has 0 atom stereocenters. The molecule has 25 heavy (non-hydrogen) atoms. The van der Waals surface area contributed by atoms with E-state index in [9.17, 15) is 4.79 Å². The van der Waals surface area contributed by atoms with Crippen LogP contribution in [0.15, 0.2) is 84.9 Å². The molecule has 0 N–H and O–H groups in total. The summed E-state index contributed by atoms with van der Waals surface area (Å²) >= 11 is 0. The number of ketones is 1. The van der Waals surface area contributed by atoms with Crippen LogP contribution >= 0.6 is 0 Å². The van der Waals surface area contributed by atoms with Crippen LogP contribution in [-0.2, 0) is 0 Å². The molecule has 4 aromatic rings. The second-order valence-electron chi connectivity index (χ2n) is 5.65. The van der Waals surface area contributed by atoms with Gasteiger partial charge in [0.25, 0.3) is 0 Å². The molecule has 0 saturated heterocycles. The highest BCUT2D eigenvalue weighted by molar-refractivity contribution is 6.06. The first-order valence-electron chi connectivity index (χ1n) is 8.00. The Labute approximate surface area is 145 Å². The summed E-state index contributed by atoms with van der Waals surface area (Å²) < 4.78 is 1.80. The van der Waals surface area contributed by atoms with Crippen LogP contribution in [0.5, 0.6) is 0 Å². The Kier molecular flexibility index (Phi) is 3.92. The normalized spacial score (nSPS) is 11.2. The van der Waals surface area contributed by atoms with Crippen LogP contribution in [0.3, 0.4) is 0 Å². The molecule has 0 bridgehead atoms. The summed E-state index contributed by atoms with van der Waals surface area (Å²) in [6.45, 7) is 0. The molecular weight excluding hydrogens is 310 g/mol. The van der Waals surface area contributed by atoms with Crippen LogP contribution in [0, 0.1) is 0 Å². The van der Waals surface area contributed by atoms with Crippen LogP contribution in [-0.4, -0.2) is 20.8 Å². The molecule has 0 spiro atoms. The van der Waals surface area contributed by atoms with Gasteiger partial charge in [0.05, 0.1) is 11.2 Å². The van der Waals surface area contributed by atoms with Gasteiger partial charge in [-0.1, -0.05) is 65.9 Å². The van der Waals surface area contributed by atoms with E-state index in [0.717, 1.165) is 22.3 Å². The standard InChI is InChI=1S/C21H15N3O/c25-21(17-8-2-1-3-9-17)14-13-16-7-6-10-18(15-16)24-20-12-5-4-11-19(20)22-23-24/h1-15H. The molecule has 0 fully saturated rings. The van der Waals surface area contributed by atoms with Gasteiger partial charge in [0.2, 0.25) is 0 Å². The number of fused-ring (bicyclic) bond motifs is 1. The van der Waals surface area contributed by atoms with Gasteiger partial charge in [0.1, 0.15) is 5.52 Å². The Morgan fingerprint density at radius 3 is 2.56 bits per heavy atom. The van der Waals surface area contributed by atoms with Gasteiger partial charge in [-0.05, 0) is 35.9 Å². The second-order valence-corrected chi connectivity index (χ2v) is 5.65. The van der Waals surface area contributed by atoms with E-state index in [1.165, 1.54) is 0 Å². The van der Waals surface area contributed by atoms with E-state index in [2.05, 4.69) is 10.3 Å². The molecule has 120 valence electrons. The fraction of sp³-hybridized carbons (Fsp3) is 0. The number of hydrogen-bond donors (Lipinski definition) is 0. The number of allylic oxidation sites excluding steroid dienone is 1. The maximum Gasteiger partial charge on any atom is 0.185 e. The average molecular weight is 325 g/mol. The van der Waals surface area contributed by atoms with Gasteiger partial charge >= 0.3 is 0 Å². The first-order valence-corrected chi connectivity index (χ1v) is 8.00. The number of nitrogens with zero attached hydrogens (tertiary/aromatic N) is 3. The number of aromatic nitrogens is 3. The van der Waals surface area contributed by atoms with Crippen molar-refractivity contribution in [3.05, 3.63) is 96.1 Å². The molecule has 4 nitrogen and oxygen atoms in total. The summed E-state index contributed by atoms with van der Waals surface area (Å²) in [7, 11) is 0. The number of rotatable bonds is 4. The van der Waals surface area contributed by atoms with Crippen LogP contribution < -0.4 is 0 Å². The predicted molar refractivity (Wildman–Crippen MR) is 98.7 cm³/mol. The monoisotopic (exact) mass is 325 g/mol. The first kappa shape index (κ1) is 15.0. The molecule has 0 aliphatic heterocycles. The summed E-state index contributed by atoms with van der Waals surface area (Å²) in [6, 6.07) is 24.9. The van der Waals surface area contributed by atoms with Gasteiger partial charge < -0.3 is 0 Å². The molecule has 4 rings (SSSR count). The molecule has 0 aliphatic carbocycles. The third kappa shape index (κ3) is 3.10. The smallest absolute Gasteiger partial charge is 0.185 e. The Morgan fingerprint density at radius 1 is 0.880 bits per heavy atom. The van der Waals surface area contributed by atoms with Crippen molar-refractivity contribution >= 4 is 22.9 Å². The lowest BCUT2D eigenvalue weighted by Gasteiger charge is -2.03. The van der Waals surface area contributed by atoms with E-state index >= 15 is 0 Å². The summed E-state index contributed by atoms with van der Waals surface area (Å²) in [4.78, 5) is 12.2. The Balaban J connectivity index is 1.64. The molecular formula is C21H15N3O. The van der Waals surface area contributed by atoms with Crippen LogP contribution in [0.25, 0.3) is 22.8 Å². The summed E-state index contributed by atoms with van der Waals surface area (Å²) in [6.07, 6.45) is 3.41. The Morgan fingerprint density at radius 2 is 1.68 bits per heavy atom. The highest BCUT2D eigenvalue weighted by Crippen LogP contribution is 2.17. The van der Waals surface area contributed by atoms with Crippen molar-refractivity contribution in [1.82, 2.24) is 15.0 Å². The number of carbonyl (C=O) groups is 1. The maximum atomic E-state index is 12.2. The minimum absolute atomic E-state index is 0.0165. The zero-order valence-corrected chi connectivity index (χ0v) is 13.4. The SMILES string of the molecule is O=C(C=Cc1cccc(-n2nnc3ccccc32)c1)c1ccccc1. The van der Waals surface area contributed by atoms with Gasteiger partial charge in [-0.2, -0.15) is 0 Å². The second kappa shape index (κ2) is 6.53. The maximum absolute atomic E-state index is 12.2. The van der Waals surface area contributed by atoms with Crippen molar-refractivity contribution in [2.45, 2.75) is 0 Å². The van der Waals surface area contributed by atoms with E-state index in [0.29, 0.717) is 5.56 Å². The lowest BCUT2D eigenvalue weighted by molar-refractivity contribution is 0.104. The predicted octanol–water partition coefficient (Wildman–Crippen LogP) is 4.32. The van der Waals surface area contributed by atoms with Crippen molar-refractivity contribution in [1.29, 1.82) is 0 Å². The lowest BCUT2D eigenvalue weighted by atomic mass is 10.1. The Hall–Kier alpha value is -3.53. The van der Waals surface area contributed by atoms with Gasteiger partial charge in [-0.25, -0.2) is 4.68 Å². The van der Waals surface area contributed by atoms with E-state index < -0.39 is 0 Å². The minimum Gasteiger partial charge on any atom is -0.289 e. The molecule has 3 aromatic carbocycles. The molecule has 0 radical (unpaired) electrons. The number of carbonyl (C=O) groups excluding carboxylic acids is 1. The lowest BCUT2D eigenvalue weighted by Crippen LogP contribution is -1.97. The van der Waals surface area contributed by atoms with E-state index in [1.54, 1.807) is 10.8 Å². The van der Waals surface area contributed by atoms with Crippen LogP contribution in [0.4, 0.5) is 0 Å². The van der Waals surface area contributed by atoms with Crippen molar-refractivity contribution < 1.29 is 4.79 Å². The summed E-state index contributed by atoms with van der Waals surface area (Å²) in [5.41, 5.74) is 4.31. The van der Waals surface area contributed by atoms with Crippen LogP contribution in [0.1, 0.15) is 15.9 Å². The zero-order chi connectivity index (χ0) is 17.1. The quantitative estimate of drug-likeness (QED) is 0.415. The summed E-state index contributed by atoms with van der Waals surface area (Å²) in [5, 5.41) is 8.40. The Bertz CT molecular complexity index is 1060. The summed E-state index contributed by atoms with van der Waals surface area (Å²) in [5.74, 6) is -0.0165. The highest BCUT2D eigenvalue weighted by atomic mass is 16.1. The fourth-order valence-corrected chi connectivity index (χ4v) is 2.69. The minimum atomic E-state index is -0.0165. The largest absolute Gasteiger partial charge is 0.289 e. The van der Waals surface area contributed by atoms with Crippen molar-refractivity contribution in [3.8, 4) is 5.69 Å². The zero-order valence-electron chi connectivity index (χ0n) is 13.4. The topological polar surface area (TPSA) is 47.8 Å².